The van der Waals surface area contributed by atoms with Crippen LogP contribution in [0.4, 0.5) is 0 Å². The van der Waals surface area contributed by atoms with Crippen molar-refractivity contribution in [1.29, 1.82) is 0 Å². The monoisotopic (exact) mass is 263 g/mol. The SMILES string of the molecule is CCCCC(CCC)n1c(C)cc2c1CCCC2O. The lowest BCUT2D eigenvalue weighted by Gasteiger charge is -2.26. The van der Waals surface area contributed by atoms with Gasteiger partial charge < -0.3 is 9.67 Å². The van der Waals surface area contributed by atoms with Crippen LogP contribution in [0.15, 0.2) is 6.07 Å². The third-order valence-corrected chi connectivity index (χ3v) is 4.50. The highest BCUT2D eigenvalue weighted by Gasteiger charge is 2.25. The molecular formula is C17H29NO. The van der Waals surface area contributed by atoms with Crippen LogP contribution in [0.5, 0.6) is 0 Å². The number of nitrogens with zero attached hydrogens (tertiary/aromatic N) is 1. The molecule has 0 fully saturated rings. The Balaban J connectivity index is 2.30. The fourth-order valence-electron chi connectivity index (χ4n) is 3.59. The van der Waals surface area contributed by atoms with Crippen molar-refractivity contribution < 1.29 is 5.11 Å². The minimum Gasteiger partial charge on any atom is -0.388 e. The summed E-state index contributed by atoms with van der Waals surface area (Å²) in [4.78, 5) is 0. The summed E-state index contributed by atoms with van der Waals surface area (Å²) in [5.41, 5.74) is 3.98. The predicted octanol–water partition coefficient (Wildman–Crippen LogP) is 4.70. The standard InChI is InChI=1S/C17H29NO/c1-4-6-9-14(8-5-2)18-13(3)12-15-16(18)10-7-11-17(15)19/h12,14,17,19H,4-11H2,1-3H3. The Morgan fingerprint density at radius 3 is 2.79 bits per heavy atom. The number of fused-ring (bicyclic) bond motifs is 1. The first-order valence-corrected chi connectivity index (χ1v) is 8.07. The van der Waals surface area contributed by atoms with Crippen LogP contribution in [-0.2, 0) is 6.42 Å². The summed E-state index contributed by atoms with van der Waals surface area (Å²) in [6.45, 7) is 6.75. The van der Waals surface area contributed by atoms with Crippen LogP contribution >= 0.6 is 0 Å². The number of rotatable bonds is 6. The molecule has 0 saturated carbocycles. The molecule has 1 aliphatic rings. The maximum absolute atomic E-state index is 10.2. The minimum absolute atomic E-state index is 0.225. The van der Waals surface area contributed by atoms with Gasteiger partial charge in [-0.1, -0.05) is 33.1 Å². The van der Waals surface area contributed by atoms with E-state index in [4.69, 9.17) is 0 Å². The first-order valence-electron chi connectivity index (χ1n) is 8.07. The van der Waals surface area contributed by atoms with Crippen LogP contribution in [0.25, 0.3) is 0 Å². The third-order valence-electron chi connectivity index (χ3n) is 4.50. The molecule has 1 N–H and O–H groups in total. The zero-order valence-corrected chi connectivity index (χ0v) is 12.8. The lowest BCUT2D eigenvalue weighted by atomic mass is 9.94. The summed E-state index contributed by atoms with van der Waals surface area (Å²) in [7, 11) is 0. The van der Waals surface area contributed by atoms with Gasteiger partial charge in [0.25, 0.3) is 0 Å². The number of unbranched alkanes of at least 4 members (excludes halogenated alkanes) is 1. The molecule has 2 nitrogen and oxygen atoms in total. The lowest BCUT2D eigenvalue weighted by molar-refractivity contribution is 0.155. The average molecular weight is 263 g/mol. The Morgan fingerprint density at radius 1 is 1.32 bits per heavy atom. The molecule has 0 radical (unpaired) electrons. The van der Waals surface area contributed by atoms with E-state index in [2.05, 4.69) is 31.4 Å². The molecule has 0 bridgehead atoms. The van der Waals surface area contributed by atoms with E-state index in [-0.39, 0.29) is 6.10 Å². The molecule has 108 valence electrons. The number of aromatic nitrogens is 1. The third kappa shape index (κ3) is 3.05. The predicted molar refractivity (Wildman–Crippen MR) is 80.5 cm³/mol. The van der Waals surface area contributed by atoms with Crippen molar-refractivity contribution in [3.63, 3.8) is 0 Å². The molecule has 0 aliphatic heterocycles. The normalized spacial score (nSPS) is 20.3. The number of hydrogen-bond acceptors (Lipinski definition) is 1. The van der Waals surface area contributed by atoms with Gasteiger partial charge in [0.1, 0.15) is 0 Å². The van der Waals surface area contributed by atoms with Crippen LogP contribution in [0.1, 0.15) is 87.9 Å². The number of aliphatic hydroxyl groups excluding tert-OH is 1. The highest BCUT2D eigenvalue weighted by Crippen LogP contribution is 2.36. The van der Waals surface area contributed by atoms with Crippen LogP contribution in [-0.4, -0.2) is 9.67 Å². The van der Waals surface area contributed by atoms with Gasteiger partial charge in [0, 0.05) is 23.0 Å². The van der Waals surface area contributed by atoms with E-state index in [1.165, 1.54) is 49.1 Å². The van der Waals surface area contributed by atoms with Gasteiger partial charge >= 0.3 is 0 Å². The van der Waals surface area contributed by atoms with E-state index < -0.39 is 0 Å². The largest absolute Gasteiger partial charge is 0.388 e. The first-order chi connectivity index (χ1) is 9.19. The van der Waals surface area contributed by atoms with Crippen molar-refractivity contribution in [3.05, 3.63) is 23.0 Å². The molecule has 1 aliphatic carbocycles. The topological polar surface area (TPSA) is 25.2 Å². The van der Waals surface area contributed by atoms with Crippen molar-refractivity contribution >= 4 is 0 Å². The zero-order valence-electron chi connectivity index (χ0n) is 12.8. The molecule has 0 spiro atoms. The molecule has 19 heavy (non-hydrogen) atoms. The second-order valence-electron chi connectivity index (χ2n) is 6.05. The maximum atomic E-state index is 10.2. The van der Waals surface area contributed by atoms with Crippen molar-refractivity contribution in [3.8, 4) is 0 Å². The van der Waals surface area contributed by atoms with Gasteiger partial charge in [0.15, 0.2) is 0 Å². The van der Waals surface area contributed by atoms with Gasteiger partial charge in [-0.15, -0.1) is 0 Å². The van der Waals surface area contributed by atoms with E-state index in [0.717, 1.165) is 19.3 Å². The zero-order chi connectivity index (χ0) is 13.8. The highest BCUT2D eigenvalue weighted by molar-refractivity contribution is 5.32. The summed E-state index contributed by atoms with van der Waals surface area (Å²) >= 11 is 0. The summed E-state index contributed by atoms with van der Waals surface area (Å²) in [5.74, 6) is 0. The molecule has 0 aromatic carbocycles. The van der Waals surface area contributed by atoms with Crippen LogP contribution in [0.2, 0.25) is 0 Å². The van der Waals surface area contributed by atoms with Crippen molar-refractivity contribution in [2.75, 3.05) is 0 Å². The molecule has 0 saturated heterocycles. The molecule has 0 amide bonds. The molecule has 1 heterocycles. The summed E-state index contributed by atoms with van der Waals surface area (Å²) in [6.07, 6.45) is 9.34. The smallest absolute Gasteiger partial charge is 0.0807 e. The summed E-state index contributed by atoms with van der Waals surface area (Å²) in [6, 6.07) is 2.87. The second kappa shape index (κ2) is 6.60. The Bertz CT molecular complexity index is 408. The summed E-state index contributed by atoms with van der Waals surface area (Å²) in [5, 5.41) is 10.2. The lowest BCUT2D eigenvalue weighted by Crippen LogP contribution is -2.17. The fraction of sp³-hybridized carbons (Fsp3) is 0.765. The first kappa shape index (κ1) is 14.6. The number of aliphatic hydroxyl groups is 1. The van der Waals surface area contributed by atoms with Crippen LogP contribution < -0.4 is 0 Å². The van der Waals surface area contributed by atoms with E-state index in [9.17, 15) is 5.11 Å². The number of aryl methyl sites for hydroxylation is 1. The molecular weight excluding hydrogens is 234 g/mol. The van der Waals surface area contributed by atoms with Gasteiger partial charge in [-0.2, -0.15) is 0 Å². The van der Waals surface area contributed by atoms with Crippen LogP contribution in [0, 0.1) is 6.92 Å². The molecule has 2 atom stereocenters. The van der Waals surface area contributed by atoms with Crippen LogP contribution in [0.3, 0.4) is 0 Å². The van der Waals surface area contributed by atoms with E-state index in [1.807, 2.05) is 0 Å². The minimum atomic E-state index is -0.225. The molecule has 2 rings (SSSR count). The van der Waals surface area contributed by atoms with Crippen molar-refractivity contribution in [1.82, 2.24) is 4.57 Å². The Labute approximate surface area is 117 Å². The molecule has 2 unspecified atom stereocenters. The maximum Gasteiger partial charge on any atom is 0.0807 e. The number of hydrogen-bond donors (Lipinski definition) is 1. The van der Waals surface area contributed by atoms with Gasteiger partial charge in [-0.05, 0) is 45.1 Å². The Hall–Kier alpha value is -0.760. The fourth-order valence-corrected chi connectivity index (χ4v) is 3.59. The average Bonchev–Trinajstić information content (AvgIpc) is 2.73. The van der Waals surface area contributed by atoms with Gasteiger partial charge in [0.05, 0.1) is 6.10 Å². The van der Waals surface area contributed by atoms with Gasteiger partial charge in [0.2, 0.25) is 0 Å². The second-order valence-corrected chi connectivity index (χ2v) is 6.05. The van der Waals surface area contributed by atoms with Crippen molar-refractivity contribution in [2.24, 2.45) is 0 Å². The highest BCUT2D eigenvalue weighted by atomic mass is 16.3. The van der Waals surface area contributed by atoms with E-state index >= 15 is 0 Å². The van der Waals surface area contributed by atoms with Crippen molar-refractivity contribution in [2.45, 2.75) is 84.3 Å². The quantitative estimate of drug-likeness (QED) is 0.791. The molecule has 2 heteroatoms. The Morgan fingerprint density at radius 2 is 2.11 bits per heavy atom. The molecule has 1 aromatic rings. The van der Waals surface area contributed by atoms with E-state index in [1.54, 1.807) is 0 Å². The summed E-state index contributed by atoms with van der Waals surface area (Å²) < 4.78 is 2.55. The van der Waals surface area contributed by atoms with Gasteiger partial charge in [-0.3, -0.25) is 0 Å². The molecule has 1 aromatic heterocycles. The van der Waals surface area contributed by atoms with Gasteiger partial charge in [-0.25, -0.2) is 0 Å². The van der Waals surface area contributed by atoms with E-state index in [0.29, 0.717) is 6.04 Å². The Kier molecular flexibility index (Phi) is 5.09.